The summed E-state index contributed by atoms with van der Waals surface area (Å²) in [5.41, 5.74) is 0.432. The zero-order valence-corrected chi connectivity index (χ0v) is 16.9. The lowest BCUT2D eigenvalue weighted by Gasteiger charge is -2.27. The van der Waals surface area contributed by atoms with Gasteiger partial charge in [-0.15, -0.1) is 0 Å². The van der Waals surface area contributed by atoms with E-state index in [2.05, 4.69) is 0 Å². The molecule has 4 heteroatoms. The first-order valence-electron chi connectivity index (χ1n) is 10.2. The Morgan fingerprint density at radius 1 is 1.11 bits per heavy atom. The fourth-order valence-electron chi connectivity index (χ4n) is 3.87. The van der Waals surface area contributed by atoms with E-state index in [1.807, 2.05) is 51.1 Å². The highest BCUT2D eigenvalue weighted by Gasteiger charge is 2.31. The molecule has 2 rings (SSSR count). The molecule has 2 atom stereocenters. The lowest BCUT2D eigenvalue weighted by molar-refractivity contribution is -0.157. The Morgan fingerprint density at radius 3 is 2.33 bits per heavy atom. The van der Waals surface area contributed by atoms with Crippen LogP contribution < -0.4 is 0 Å². The van der Waals surface area contributed by atoms with Crippen molar-refractivity contribution in [1.29, 1.82) is 0 Å². The average molecular weight is 375 g/mol. The van der Waals surface area contributed by atoms with Crippen molar-refractivity contribution in [2.75, 3.05) is 0 Å². The highest BCUT2D eigenvalue weighted by atomic mass is 16.6. The summed E-state index contributed by atoms with van der Waals surface area (Å²) < 4.78 is 5.42. The number of carbonyl (C=O) groups excluding carboxylic acids is 2. The SMILES string of the molecule is CC(C)(C)OC(=O)C[C@@H](Cc1ccccc1)C(O)C(=O)CC1CCCCC1. The van der Waals surface area contributed by atoms with Crippen molar-refractivity contribution >= 4 is 11.8 Å². The molecule has 0 spiro atoms. The molecule has 1 N–H and O–H groups in total. The van der Waals surface area contributed by atoms with Crippen molar-refractivity contribution in [3.8, 4) is 0 Å². The topological polar surface area (TPSA) is 63.6 Å². The molecule has 0 aliphatic heterocycles. The van der Waals surface area contributed by atoms with Gasteiger partial charge in [-0.3, -0.25) is 9.59 Å². The number of Topliss-reactive ketones (excluding diaryl/α,β-unsaturated/α-hetero) is 1. The molecule has 1 saturated carbocycles. The van der Waals surface area contributed by atoms with Gasteiger partial charge in [-0.2, -0.15) is 0 Å². The van der Waals surface area contributed by atoms with Crippen LogP contribution in [-0.4, -0.2) is 28.6 Å². The normalized spacial score (nSPS) is 17.9. The van der Waals surface area contributed by atoms with E-state index in [4.69, 9.17) is 4.74 Å². The van der Waals surface area contributed by atoms with Crippen LogP contribution in [0.15, 0.2) is 30.3 Å². The highest BCUT2D eigenvalue weighted by molar-refractivity contribution is 5.84. The molecule has 0 heterocycles. The van der Waals surface area contributed by atoms with Crippen LogP contribution in [0.25, 0.3) is 0 Å². The van der Waals surface area contributed by atoms with Gasteiger partial charge in [-0.05, 0) is 38.7 Å². The number of aliphatic hydroxyl groups is 1. The number of benzene rings is 1. The molecule has 0 radical (unpaired) electrons. The molecule has 150 valence electrons. The van der Waals surface area contributed by atoms with Crippen LogP contribution >= 0.6 is 0 Å². The fourth-order valence-corrected chi connectivity index (χ4v) is 3.87. The number of ether oxygens (including phenoxy) is 1. The molecule has 27 heavy (non-hydrogen) atoms. The van der Waals surface area contributed by atoms with Crippen molar-refractivity contribution in [1.82, 2.24) is 0 Å². The van der Waals surface area contributed by atoms with Crippen LogP contribution in [0.2, 0.25) is 0 Å². The first-order valence-corrected chi connectivity index (χ1v) is 10.2. The van der Waals surface area contributed by atoms with Crippen molar-refractivity contribution < 1.29 is 19.4 Å². The summed E-state index contributed by atoms with van der Waals surface area (Å²) in [6, 6.07) is 9.70. The first kappa shape index (κ1) is 21.6. The van der Waals surface area contributed by atoms with Gasteiger partial charge in [-0.1, -0.05) is 62.4 Å². The maximum atomic E-state index is 12.7. The maximum Gasteiger partial charge on any atom is 0.306 e. The van der Waals surface area contributed by atoms with E-state index in [1.165, 1.54) is 19.3 Å². The molecule has 1 aromatic carbocycles. The minimum absolute atomic E-state index is 0.0454. The van der Waals surface area contributed by atoms with Gasteiger partial charge in [0.1, 0.15) is 11.7 Å². The third-order valence-corrected chi connectivity index (χ3v) is 5.18. The standard InChI is InChI=1S/C23H34O4/c1-23(2,3)27-21(25)16-19(14-17-10-6-4-7-11-17)22(26)20(24)15-18-12-8-5-9-13-18/h4,6-7,10-11,18-19,22,26H,5,8-9,12-16H2,1-3H3/t19-,22?/m1/s1. The minimum atomic E-state index is -1.13. The number of hydrogen-bond donors (Lipinski definition) is 1. The van der Waals surface area contributed by atoms with Crippen LogP contribution in [0.4, 0.5) is 0 Å². The van der Waals surface area contributed by atoms with Crippen LogP contribution in [-0.2, 0) is 20.7 Å². The zero-order chi connectivity index (χ0) is 19.9. The van der Waals surface area contributed by atoms with Crippen LogP contribution in [0.3, 0.4) is 0 Å². The van der Waals surface area contributed by atoms with Crippen LogP contribution in [0, 0.1) is 11.8 Å². The summed E-state index contributed by atoms with van der Waals surface area (Å²) in [6.45, 7) is 5.46. The number of carbonyl (C=O) groups is 2. The van der Waals surface area contributed by atoms with E-state index < -0.39 is 17.6 Å². The van der Waals surface area contributed by atoms with E-state index in [9.17, 15) is 14.7 Å². The van der Waals surface area contributed by atoms with Gasteiger partial charge in [0.05, 0.1) is 6.42 Å². The van der Waals surface area contributed by atoms with E-state index in [-0.39, 0.29) is 18.2 Å². The second-order valence-corrected chi connectivity index (χ2v) is 8.86. The van der Waals surface area contributed by atoms with Crippen molar-refractivity contribution in [3.63, 3.8) is 0 Å². The van der Waals surface area contributed by atoms with Gasteiger partial charge in [0, 0.05) is 12.3 Å². The molecule has 0 amide bonds. The van der Waals surface area contributed by atoms with Gasteiger partial charge < -0.3 is 9.84 Å². The molecular weight excluding hydrogens is 340 g/mol. The Hall–Kier alpha value is -1.68. The quantitative estimate of drug-likeness (QED) is 0.682. The Morgan fingerprint density at radius 2 is 1.74 bits per heavy atom. The Labute approximate surface area is 163 Å². The molecule has 0 bridgehead atoms. The first-order chi connectivity index (χ1) is 12.7. The van der Waals surface area contributed by atoms with E-state index >= 15 is 0 Å². The van der Waals surface area contributed by atoms with Gasteiger partial charge in [0.25, 0.3) is 0 Å². The lowest BCUT2D eigenvalue weighted by atomic mass is 9.82. The Balaban J connectivity index is 2.04. The zero-order valence-electron chi connectivity index (χ0n) is 16.9. The molecule has 1 aliphatic rings. The molecular formula is C23H34O4. The third-order valence-electron chi connectivity index (χ3n) is 5.18. The maximum absolute atomic E-state index is 12.7. The Bertz CT molecular complexity index is 597. The molecule has 1 aromatic rings. The van der Waals surface area contributed by atoms with E-state index in [0.717, 1.165) is 18.4 Å². The monoisotopic (exact) mass is 374 g/mol. The van der Waals surface area contributed by atoms with Gasteiger partial charge in [-0.25, -0.2) is 0 Å². The van der Waals surface area contributed by atoms with Crippen molar-refractivity contribution in [2.45, 2.75) is 83.8 Å². The van der Waals surface area contributed by atoms with E-state index in [1.54, 1.807) is 0 Å². The number of ketones is 1. The largest absolute Gasteiger partial charge is 0.460 e. The summed E-state index contributed by atoms with van der Waals surface area (Å²) in [5, 5.41) is 10.8. The summed E-state index contributed by atoms with van der Waals surface area (Å²) in [5.74, 6) is -0.586. The highest BCUT2D eigenvalue weighted by Crippen LogP contribution is 2.28. The van der Waals surface area contributed by atoms with Crippen LogP contribution in [0.1, 0.15) is 71.3 Å². The second kappa shape index (κ2) is 10.0. The van der Waals surface area contributed by atoms with Crippen LogP contribution in [0.5, 0.6) is 0 Å². The predicted octanol–water partition coefficient (Wildman–Crippen LogP) is 4.48. The second-order valence-electron chi connectivity index (χ2n) is 8.86. The molecule has 0 saturated heterocycles. The Kier molecular flexibility index (Phi) is 8.03. The summed E-state index contributed by atoms with van der Waals surface area (Å²) in [7, 11) is 0. The predicted molar refractivity (Wildman–Crippen MR) is 106 cm³/mol. The van der Waals surface area contributed by atoms with Gasteiger partial charge in [0.15, 0.2) is 5.78 Å². The number of rotatable bonds is 8. The minimum Gasteiger partial charge on any atom is -0.460 e. The molecule has 0 aromatic heterocycles. The molecule has 1 aliphatic carbocycles. The molecule has 1 fully saturated rings. The summed E-state index contributed by atoms with van der Waals surface area (Å²) in [4.78, 5) is 25.0. The number of aliphatic hydroxyl groups excluding tert-OH is 1. The van der Waals surface area contributed by atoms with Crippen molar-refractivity contribution in [2.24, 2.45) is 11.8 Å². The van der Waals surface area contributed by atoms with Gasteiger partial charge >= 0.3 is 5.97 Å². The smallest absolute Gasteiger partial charge is 0.306 e. The lowest BCUT2D eigenvalue weighted by Crippen LogP contribution is -2.35. The molecule has 1 unspecified atom stereocenters. The fraction of sp³-hybridized carbons (Fsp3) is 0.652. The summed E-state index contributed by atoms with van der Waals surface area (Å²) >= 11 is 0. The average Bonchev–Trinajstić information content (AvgIpc) is 2.60. The number of esters is 1. The van der Waals surface area contributed by atoms with Crippen molar-refractivity contribution in [3.05, 3.63) is 35.9 Å². The van der Waals surface area contributed by atoms with E-state index in [0.29, 0.717) is 18.8 Å². The molecule has 4 nitrogen and oxygen atoms in total. The number of hydrogen-bond acceptors (Lipinski definition) is 4. The summed E-state index contributed by atoms with van der Waals surface area (Å²) in [6.07, 6.45) is 5.52. The van der Waals surface area contributed by atoms with Gasteiger partial charge in [0.2, 0.25) is 0 Å². The third kappa shape index (κ3) is 7.84.